The van der Waals surface area contributed by atoms with Gasteiger partial charge in [0, 0.05) is 26.1 Å². The minimum Gasteiger partial charge on any atom is -0.481 e. The number of carbonyl (C=O) groups excluding carboxylic acids is 2. The Bertz CT molecular complexity index is 359. The summed E-state index contributed by atoms with van der Waals surface area (Å²) in [5.41, 5.74) is 5.06. The lowest BCUT2D eigenvalue weighted by molar-refractivity contribution is -0.137. The van der Waals surface area contributed by atoms with Crippen molar-refractivity contribution in [2.75, 3.05) is 20.1 Å². The number of rotatable bonds is 5. The summed E-state index contributed by atoms with van der Waals surface area (Å²) in [4.78, 5) is 36.6. The zero-order chi connectivity index (χ0) is 14.4. The monoisotopic (exact) mass is 271 g/mol. The average Bonchev–Trinajstić information content (AvgIpc) is 2.35. The van der Waals surface area contributed by atoms with Crippen LogP contribution >= 0.6 is 0 Å². The highest BCUT2D eigenvalue weighted by molar-refractivity contribution is 5.83. The molecular formula is C12H21N3O4. The van der Waals surface area contributed by atoms with Crippen LogP contribution in [0.2, 0.25) is 0 Å². The molecule has 1 rings (SSSR count). The maximum Gasteiger partial charge on any atom is 0.320 e. The number of piperidine rings is 1. The van der Waals surface area contributed by atoms with Crippen LogP contribution in [0.5, 0.6) is 0 Å². The van der Waals surface area contributed by atoms with E-state index in [9.17, 15) is 14.4 Å². The third-order valence-corrected chi connectivity index (χ3v) is 3.28. The van der Waals surface area contributed by atoms with Crippen LogP contribution in [0.1, 0.15) is 32.1 Å². The van der Waals surface area contributed by atoms with Crippen LogP contribution in [0.25, 0.3) is 0 Å². The zero-order valence-electron chi connectivity index (χ0n) is 11.2. The number of hydrogen-bond acceptors (Lipinski definition) is 3. The van der Waals surface area contributed by atoms with Crippen molar-refractivity contribution in [2.24, 2.45) is 5.73 Å². The lowest BCUT2D eigenvalue weighted by Crippen LogP contribution is -2.50. The molecular weight excluding hydrogens is 250 g/mol. The van der Waals surface area contributed by atoms with Gasteiger partial charge in [0.25, 0.3) is 0 Å². The van der Waals surface area contributed by atoms with Crippen molar-refractivity contribution in [3.8, 4) is 0 Å². The van der Waals surface area contributed by atoms with Crippen molar-refractivity contribution in [3.05, 3.63) is 0 Å². The Morgan fingerprint density at radius 1 is 1.37 bits per heavy atom. The van der Waals surface area contributed by atoms with Crippen molar-refractivity contribution in [1.29, 1.82) is 0 Å². The highest BCUT2D eigenvalue weighted by atomic mass is 16.4. The fraction of sp³-hybridized carbons (Fsp3) is 0.750. The zero-order valence-corrected chi connectivity index (χ0v) is 11.2. The van der Waals surface area contributed by atoms with Gasteiger partial charge in [-0.2, -0.15) is 0 Å². The van der Waals surface area contributed by atoms with Crippen molar-refractivity contribution >= 4 is 17.9 Å². The molecule has 1 aliphatic heterocycles. The van der Waals surface area contributed by atoms with Crippen LogP contribution in [0.4, 0.5) is 4.79 Å². The predicted molar refractivity (Wildman–Crippen MR) is 68.4 cm³/mol. The first-order chi connectivity index (χ1) is 8.91. The van der Waals surface area contributed by atoms with Gasteiger partial charge in [-0.15, -0.1) is 0 Å². The minimum absolute atomic E-state index is 0.0496. The molecule has 1 atom stereocenters. The molecule has 0 aromatic carbocycles. The van der Waals surface area contributed by atoms with Crippen LogP contribution in [0.3, 0.4) is 0 Å². The van der Waals surface area contributed by atoms with Gasteiger partial charge < -0.3 is 20.6 Å². The smallest absolute Gasteiger partial charge is 0.320 e. The van der Waals surface area contributed by atoms with E-state index in [1.54, 1.807) is 4.90 Å². The van der Waals surface area contributed by atoms with E-state index in [1.165, 1.54) is 11.9 Å². The minimum atomic E-state index is -0.858. The highest BCUT2D eigenvalue weighted by Gasteiger charge is 2.29. The summed E-state index contributed by atoms with van der Waals surface area (Å²) in [7, 11) is 1.52. The number of likely N-dealkylation sites (tertiary alicyclic amines) is 1. The number of carboxylic acids is 1. The van der Waals surface area contributed by atoms with Crippen LogP contribution < -0.4 is 5.73 Å². The second-order valence-electron chi connectivity index (χ2n) is 4.88. The summed E-state index contributed by atoms with van der Waals surface area (Å²) in [6, 6.07) is -0.318. The summed E-state index contributed by atoms with van der Waals surface area (Å²) in [6.07, 6.45) is 3.20. The number of carboxylic acid groups (broad SMARTS) is 1. The van der Waals surface area contributed by atoms with Gasteiger partial charge in [0.1, 0.15) is 6.54 Å². The molecule has 1 aliphatic rings. The van der Waals surface area contributed by atoms with E-state index in [0.29, 0.717) is 13.0 Å². The normalized spacial score (nSPS) is 19.0. The third kappa shape index (κ3) is 4.76. The topological polar surface area (TPSA) is 104 Å². The molecule has 19 heavy (non-hydrogen) atoms. The standard InChI is InChI=1S/C12H21N3O4/c1-14(8-10(13)16)12(19)15-7-3-2-4-9(15)5-6-11(17)18/h9H,2-8H2,1H3,(H2,13,16)(H,17,18). The van der Waals surface area contributed by atoms with E-state index in [4.69, 9.17) is 10.8 Å². The number of primary amides is 1. The molecule has 0 aromatic heterocycles. The van der Waals surface area contributed by atoms with Gasteiger partial charge in [0.2, 0.25) is 5.91 Å². The second-order valence-corrected chi connectivity index (χ2v) is 4.88. The van der Waals surface area contributed by atoms with Gasteiger partial charge in [-0.05, 0) is 25.7 Å². The largest absolute Gasteiger partial charge is 0.481 e. The Labute approximate surface area is 112 Å². The van der Waals surface area contributed by atoms with E-state index < -0.39 is 11.9 Å². The van der Waals surface area contributed by atoms with Crippen LogP contribution in [-0.4, -0.2) is 59.0 Å². The molecule has 7 nitrogen and oxygen atoms in total. The summed E-state index contributed by atoms with van der Waals surface area (Å²) in [5.74, 6) is -1.42. The SMILES string of the molecule is CN(CC(N)=O)C(=O)N1CCCCC1CCC(=O)O. The molecule has 108 valence electrons. The van der Waals surface area contributed by atoms with Gasteiger partial charge in [-0.25, -0.2) is 4.79 Å². The Balaban J connectivity index is 2.62. The molecule has 0 aliphatic carbocycles. The summed E-state index contributed by atoms with van der Waals surface area (Å²) >= 11 is 0. The molecule has 7 heteroatoms. The van der Waals surface area contributed by atoms with Crippen molar-refractivity contribution < 1.29 is 19.5 Å². The molecule has 1 saturated heterocycles. The maximum atomic E-state index is 12.2. The van der Waals surface area contributed by atoms with Gasteiger partial charge in [0.05, 0.1) is 0 Å². The third-order valence-electron chi connectivity index (χ3n) is 3.28. The summed E-state index contributed by atoms with van der Waals surface area (Å²) in [6.45, 7) is 0.479. The quantitative estimate of drug-likeness (QED) is 0.747. The number of nitrogens with two attached hydrogens (primary N) is 1. The van der Waals surface area contributed by atoms with Gasteiger partial charge in [-0.1, -0.05) is 0 Å². The van der Waals surface area contributed by atoms with Crippen LogP contribution in [-0.2, 0) is 9.59 Å². The first kappa shape index (κ1) is 15.3. The molecule has 1 unspecified atom stereocenters. The average molecular weight is 271 g/mol. The Morgan fingerprint density at radius 3 is 2.63 bits per heavy atom. The summed E-state index contributed by atoms with van der Waals surface area (Å²) in [5, 5.41) is 8.72. The second kappa shape index (κ2) is 6.96. The number of aliphatic carboxylic acids is 1. The number of carbonyl (C=O) groups is 3. The number of hydrogen-bond donors (Lipinski definition) is 2. The molecule has 0 spiro atoms. The van der Waals surface area contributed by atoms with E-state index in [2.05, 4.69) is 0 Å². The van der Waals surface area contributed by atoms with Gasteiger partial charge >= 0.3 is 12.0 Å². The Hall–Kier alpha value is -1.79. The van der Waals surface area contributed by atoms with E-state index in [0.717, 1.165) is 19.3 Å². The lowest BCUT2D eigenvalue weighted by atomic mass is 9.98. The van der Waals surface area contributed by atoms with Gasteiger partial charge in [-0.3, -0.25) is 9.59 Å². The summed E-state index contributed by atoms with van der Waals surface area (Å²) < 4.78 is 0. The molecule has 3 amide bonds. The number of likely N-dealkylation sites (N-methyl/N-ethyl adjacent to an activating group) is 1. The van der Waals surface area contributed by atoms with Crippen LogP contribution in [0, 0.1) is 0 Å². The number of amides is 3. The fourth-order valence-electron chi connectivity index (χ4n) is 2.36. The predicted octanol–water partition coefficient (Wildman–Crippen LogP) is 0.243. The van der Waals surface area contributed by atoms with Crippen LogP contribution in [0.15, 0.2) is 0 Å². The molecule has 0 radical (unpaired) electrons. The van der Waals surface area contributed by atoms with E-state index in [-0.39, 0.29) is 25.0 Å². The molecule has 0 saturated carbocycles. The molecule has 0 bridgehead atoms. The van der Waals surface area contributed by atoms with Crippen molar-refractivity contribution in [1.82, 2.24) is 9.80 Å². The fourth-order valence-corrected chi connectivity index (χ4v) is 2.36. The Kier molecular flexibility index (Phi) is 5.59. The first-order valence-electron chi connectivity index (χ1n) is 6.43. The first-order valence-corrected chi connectivity index (χ1v) is 6.43. The van der Waals surface area contributed by atoms with E-state index in [1.807, 2.05) is 0 Å². The Morgan fingerprint density at radius 2 is 2.05 bits per heavy atom. The van der Waals surface area contributed by atoms with Gasteiger partial charge in [0.15, 0.2) is 0 Å². The lowest BCUT2D eigenvalue weighted by Gasteiger charge is -2.37. The molecule has 3 N–H and O–H groups in total. The van der Waals surface area contributed by atoms with E-state index >= 15 is 0 Å². The molecule has 1 fully saturated rings. The molecule has 0 aromatic rings. The number of nitrogens with zero attached hydrogens (tertiary/aromatic N) is 2. The maximum absolute atomic E-state index is 12.2. The van der Waals surface area contributed by atoms with Crippen molar-refractivity contribution in [2.45, 2.75) is 38.1 Å². The molecule has 1 heterocycles. The van der Waals surface area contributed by atoms with Crippen molar-refractivity contribution in [3.63, 3.8) is 0 Å². The number of urea groups is 1. The highest BCUT2D eigenvalue weighted by Crippen LogP contribution is 2.22.